The SMILES string of the molecule is CCCOCCOCCOc1ncc(/C=C/c2ccc(NC)cc2)cc1[123I]. The smallest absolute Gasteiger partial charge is 0.227 e. The molecule has 0 fully saturated rings. The standard InChI is InChI=1S/C21H27IN2O3/c1-3-10-25-11-12-26-13-14-27-21-20(22)15-18(16-24-21)5-4-17-6-8-19(23-2)9-7-17/h4-9,15-16,23H,3,10-14H2,1-2H3/b5-4+/i22-4. The van der Waals surface area contributed by atoms with Gasteiger partial charge in [0, 0.05) is 25.5 Å². The lowest BCUT2D eigenvalue weighted by molar-refractivity contribution is 0.0359. The van der Waals surface area contributed by atoms with Gasteiger partial charge < -0.3 is 19.5 Å². The Kier molecular flexibility index (Phi) is 10.2. The van der Waals surface area contributed by atoms with E-state index in [1.807, 2.05) is 19.3 Å². The third-order valence-corrected chi connectivity index (χ3v) is 4.46. The average molecular weight is 478 g/mol. The first-order chi connectivity index (χ1) is 13.2. The molecule has 0 aliphatic carbocycles. The second-order valence-electron chi connectivity index (χ2n) is 5.83. The van der Waals surface area contributed by atoms with Gasteiger partial charge in [-0.15, -0.1) is 0 Å². The second-order valence-corrected chi connectivity index (χ2v) is 7.00. The number of anilines is 1. The van der Waals surface area contributed by atoms with Gasteiger partial charge in [-0.25, -0.2) is 4.98 Å². The first-order valence-corrected chi connectivity index (χ1v) is 10.2. The molecule has 1 aromatic heterocycles. The Bertz CT molecular complexity index is 705. The molecule has 2 rings (SSSR count). The molecule has 0 saturated heterocycles. The van der Waals surface area contributed by atoms with Crippen molar-refractivity contribution in [2.24, 2.45) is 0 Å². The number of halogens is 1. The molecule has 0 aliphatic rings. The highest BCUT2D eigenvalue weighted by Gasteiger charge is 2.03. The zero-order chi connectivity index (χ0) is 19.3. The molecule has 0 aliphatic heterocycles. The van der Waals surface area contributed by atoms with Crippen LogP contribution >= 0.6 is 22.6 Å². The molecule has 6 heteroatoms. The summed E-state index contributed by atoms with van der Waals surface area (Å²) in [6.07, 6.45) is 6.96. The van der Waals surface area contributed by atoms with Crippen LogP contribution in [0.4, 0.5) is 5.69 Å². The Balaban J connectivity index is 1.76. The van der Waals surface area contributed by atoms with Crippen molar-refractivity contribution in [3.8, 4) is 5.88 Å². The van der Waals surface area contributed by atoms with Gasteiger partial charge in [-0.1, -0.05) is 31.2 Å². The molecular formula is C21H27IN2O3. The Labute approximate surface area is 175 Å². The van der Waals surface area contributed by atoms with E-state index < -0.39 is 0 Å². The third-order valence-electron chi connectivity index (χ3n) is 3.68. The number of pyridine rings is 1. The minimum Gasteiger partial charge on any atom is -0.474 e. The highest BCUT2D eigenvalue weighted by Crippen LogP contribution is 2.20. The van der Waals surface area contributed by atoms with E-state index in [1.54, 1.807) is 0 Å². The van der Waals surface area contributed by atoms with Crippen molar-refractivity contribution in [3.05, 3.63) is 51.2 Å². The van der Waals surface area contributed by atoms with E-state index in [-0.39, 0.29) is 0 Å². The number of benzene rings is 1. The first kappa shape index (κ1) is 21.7. The first-order valence-electron chi connectivity index (χ1n) is 9.12. The highest BCUT2D eigenvalue weighted by atomic mass is 123. The molecule has 0 amide bonds. The normalized spacial score (nSPS) is 11.1. The molecule has 1 N–H and O–H groups in total. The maximum absolute atomic E-state index is 5.69. The lowest BCUT2D eigenvalue weighted by Gasteiger charge is -2.08. The Morgan fingerprint density at radius 3 is 2.30 bits per heavy atom. The van der Waals surface area contributed by atoms with E-state index in [9.17, 15) is 0 Å². The lowest BCUT2D eigenvalue weighted by Crippen LogP contribution is -2.12. The number of aromatic nitrogens is 1. The minimum absolute atomic E-state index is 0.476. The quantitative estimate of drug-likeness (QED) is 0.354. The van der Waals surface area contributed by atoms with Gasteiger partial charge in [0.05, 0.1) is 23.4 Å². The van der Waals surface area contributed by atoms with Crippen LogP contribution in [0.3, 0.4) is 0 Å². The number of ether oxygens (including phenoxy) is 3. The molecule has 0 saturated carbocycles. The number of nitrogens with zero attached hydrogens (tertiary/aromatic N) is 1. The van der Waals surface area contributed by atoms with E-state index in [1.165, 1.54) is 0 Å². The molecule has 27 heavy (non-hydrogen) atoms. The molecule has 0 unspecified atom stereocenters. The van der Waals surface area contributed by atoms with Crippen molar-refractivity contribution in [1.82, 2.24) is 4.98 Å². The largest absolute Gasteiger partial charge is 0.474 e. The molecular weight excluding hydrogens is 451 g/mol. The second kappa shape index (κ2) is 12.7. The van der Waals surface area contributed by atoms with Crippen molar-refractivity contribution in [3.63, 3.8) is 0 Å². The fraction of sp³-hybridized carbons (Fsp3) is 0.381. The molecule has 1 aromatic carbocycles. The van der Waals surface area contributed by atoms with Gasteiger partial charge in [-0.3, -0.25) is 0 Å². The molecule has 2 aromatic rings. The van der Waals surface area contributed by atoms with Gasteiger partial charge in [0.2, 0.25) is 5.88 Å². The molecule has 146 valence electrons. The Hall–Kier alpha value is -1.64. The zero-order valence-electron chi connectivity index (χ0n) is 15.9. The number of nitrogens with one attached hydrogen (secondary N) is 1. The summed E-state index contributed by atoms with van der Waals surface area (Å²) < 4.78 is 17.5. The van der Waals surface area contributed by atoms with Crippen molar-refractivity contribution in [2.75, 3.05) is 45.4 Å². The fourth-order valence-electron chi connectivity index (χ4n) is 2.25. The summed E-state index contributed by atoms with van der Waals surface area (Å²) in [6, 6.07) is 10.3. The number of rotatable bonds is 12. The summed E-state index contributed by atoms with van der Waals surface area (Å²) in [7, 11) is 1.91. The van der Waals surface area contributed by atoms with Gasteiger partial charge in [0.25, 0.3) is 0 Å². The van der Waals surface area contributed by atoms with Gasteiger partial charge in [0.15, 0.2) is 0 Å². The number of hydrogen-bond donors (Lipinski definition) is 1. The molecule has 0 atom stereocenters. The van der Waals surface area contributed by atoms with Crippen LogP contribution in [0.15, 0.2) is 36.5 Å². The zero-order valence-corrected chi connectivity index (χ0v) is 18.1. The minimum atomic E-state index is 0.476. The van der Waals surface area contributed by atoms with E-state index in [2.05, 4.69) is 76.2 Å². The van der Waals surface area contributed by atoms with Crippen LogP contribution in [0.25, 0.3) is 12.2 Å². The van der Waals surface area contributed by atoms with Gasteiger partial charge in [-0.2, -0.15) is 0 Å². The van der Waals surface area contributed by atoms with E-state index in [4.69, 9.17) is 14.2 Å². The van der Waals surface area contributed by atoms with Crippen LogP contribution in [0.2, 0.25) is 0 Å². The monoisotopic (exact) mass is 478 g/mol. The van der Waals surface area contributed by atoms with Gasteiger partial charge in [0.1, 0.15) is 6.61 Å². The summed E-state index contributed by atoms with van der Waals surface area (Å²) in [6.45, 7) is 5.09. The van der Waals surface area contributed by atoms with Gasteiger partial charge >= 0.3 is 0 Å². The third kappa shape index (κ3) is 8.28. The molecule has 0 spiro atoms. The van der Waals surface area contributed by atoms with Crippen LogP contribution in [0.1, 0.15) is 24.5 Å². The van der Waals surface area contributed by atoms with Crippen LogP contribution in [-0.2, 0) is 9.47 Å². The van der Waals surface area contributed by atoms with E-state index in [0.29, 0.717) is 32.3 Å². The van der Waals surface area contributed by atoms with Crippen LogP contribution in [-0.4, -0.2) is 45.1 Å². The topological polar surface area (TPSA) is 52.6 Å². The molecule has 1 heterocycles. The lowest BCUT2D eigenvalue weighted by atomic mass is 10.1. The predicted molar refractivity (Wildman–Crippen MR) is 119 cm³/mol. The fourth-order valence-corrected chi connectivity index (χ4v) is 2.91. The summed E-state index contributed by atoms with van der Waals surface area (Å²) in [4.78, 5) is 4.40. The molecule has 0 radical (unpaired) electrons. The van der Waals surface area contributed by atoms with Crippen molar-refractivity contribution in [2.45, 2.75) is 13.3 Å². The number of hydrogen-bond acceptors (Lipinski definition) is 5. The summed E-state index contributed by atoms with van der Waals surface area (Å²) in [5, 5.41) is 3.11. The average Bonchev–Trinajstić information content (AvgIpc) is 2.70. The Morgan fingerprint density at radius 1 is 0.963 bits per heavy atom. The highest BCUT2D eigenvalue weighted by molar-refractivity contribution is 14.1. The summed E-state index contributed by atoms with van der Waals surface area (Å²) >= 11 is 2.24. The van der Waals surface area contributed by atoms with Crippen LogP contribution in [0, 0.1) is 3.57 Å². The summed E-state index contributed by atoms with van der Waals surface area (Å²) in [5.74, 6) is 0.636. The van der Waals surface area contributed by atoms with Gasteiger partial charge in [-0.05, 0) is 58.3 Å². The van der Waals surface area contributed by atoms with Crippen LogP contribution in [0.5, 0.6) is 5.88 Å². The maximum atomic E-state index is 5.69. The molecule has 0 bridgehead atoms. The summed E-state index contributed by atoms with van der Waals surface area (Å²) in [5.41, 5.74) is 3.28. The van der Waals surface area contributed by atoms with Crippen molar-refractivity contribution >= 4 is 40.4 Å². The van der Waals surface area contributed by atoms with Crippen molar-refractivity contribution < 1.29 is 14.2 Å². The maximum Gasteiger partial charge on any atom is 0.227 e. The van der Waals surface area contributed by atoms with Crippen molar-refractivity contribution in [1.29, 1.82) is 0 Å². The predicted octanol–water partition coefficient (Wildman–Crippen LogP) is 4.72. The van der Waals surface area contributed by atoms with E-state index in [0.717, 1.165) is 33.4 Å². The van der Waals surface area contributed by atoms with Crippen LogP contribution < -0.4 is 10.1 Å². The Morgan fingerprint density at radius 2 is 1.63 bits per heavy atom. The molecule has 5 nitrogen and oxygen atoms in total. The van der Waals surface area contributed by atoms with E-state index >= 15 is 0 Å².